The molecule has 32 heavy (non-hydrogen) atoms. The number of carbonyl (C=O) groups excluding carboxylic acids is 1. The number of hydrogen-bond donors (Lipinski definition) is 1. The van der Waals surface area contributed by atoms with Crippen LogP contribution in [-0.4, -0.2) is 43.6 Å². The number of rotatable bonds is 5. The van der Waals surface area contributed by atoms with Gasteiger partial charge in [0.1, 0.15) is 29.3 Å². The second-order valence-corrected chi connectivity index (χ2v) is 7.83. The van der Waals surface area contributed by atoms with E-state index in [1.165, 1.54) is 6.33 Å². The number of aromatic nitrogens is 4. The van der Waals surface area contributed by atoms with E-state index in [0.717, 1.165) is 41.1 Å². The molecule has 1 saturated heterocycles. The number of hydrogen-bond acceptors (Lipinski definition) is 6. The molecule has 1 fully saturated rings. The molecule has 2 aromatic carbocycles. The zero-order valence-electron chi connectivity index (χ0n) is 17.8. The molecule has 0 bridgehead atoms. The van der Waals surface area contributed by atoms with Crippen LogP contribution in [-0.2, 0) is 4.79 Å². The highest BCUT2D eigenvalue weighted by Gasteiger charge is 2.30. The van der Waals surface area contributed by atoms with Gasteiger partial charge in [-0.3, -0.25) is 4.79 Å². The molecule has 8 nitrogen and oxygen atoms in total. The van der Waals surface area contributed by atoms with Crippen molar-refractivity contribution < 1.29 is 9.53 Å². The normalized spacial score (nSPS) is 15.9. The van der Waals surface area contributed by atoms with Gasteiger partial charge in [-0.1, -0.05) is 25.1 Å². The highest BCUT2D eigenvalue weighted by atomic mass is 16.5. The van der Waals surface area contributed by atoms with Crippen LogP contribution >= 0.6 is 0 Å². The number of amides is 1. The van der Waals surface area contributed by atoms with Crippen LogP contribution in [0.15, 0.2) is 60.9 Å². The summed E-state index contributed by atoms with van der Waals surface area (Å²) in [4.78, 5) is 22.7. The van der Waals surface area contributed by atoms with Crippen molar-refractivity contribution in [2.24, 2.45) is 0 Å². The first-order valence-corrected chi connectivity index (χ1v) is 10.7. The number of anilines is 1. The van der Waals surface area contributed by atoms with Gasteiger partial charge in [-0.2, -0.15) is 5.10 Å². The lowest BCUT2D eigenvalue weighted by Crippen LogP contribution is -2.28. The van der Waals surface area contributed by atoms with Gasteiger partial charge in [-0.15, -0.1) is 0 Å². The summed E-state index contributed by atoms with van der Waals surface area (Å²) < 4.78 is 7.80. The van der Waals surface area contributed by atoms with Crippen LogP contribution in [0.1, 0.15) is 25.8 Å². The molecule has 0 saturated carbocycles. The van der Waals surface area contributed by atoms with Gasteiger partial charge in [0.15, 0.2) is 5.65 Å². The average molecular weight is 428 g/mol. The molecule has 5 rings (SSSR count). The van der Waals surface area contributed by atoms with Gasteiger partial charge in [-0.25, -0.2) is 14.6 Å². The van der Waals surface area contributed by atoms with Gasteiger partial charge in [0.2, 0.25) is 5.91 Å². The number of nitrogens with zero attached hydrogens (tertiary/aromatic N) is 5. The van der Waals surface area contributed by atoms with Crippen molar-refractivity contribution in [3.63, 3.8) is 0 Å². The van der Waals surface area contributed by atoms with Gasteiger partial charge in [0.25, 0.3) is 0 Å². The maximum absolute atomic E-state index is 12.1. The largest absolute Gasteiger partial charge is 0.457 e. The Morgan fingerprint density at radius 2 is 1.84 bits per heavy atom. The predicted octanol–water partition coefficient (Wildman–Crippen LogP) is 4.05. The maximum atomic E-state index is 12.1. The summed E-state index contributed by atoms with van der Waals surface area (Å²) in [5.74, 6) is 2.06. The van der Waals surface area contributed by atoms with Crippen molar-refractivity contribution in [1.29, 1.82) is 0 Å². The lowest BCUT2D eigenvalue weighted by atomic mass is 10.1. The molecule has 0 aliphatic carbocycles. The number of nitrogen functional groups attached to an aromatic ring is 1. The molecule has 4 aromatic rings. The van der Waals surface area contributed by atoms with Gasteiger partial charge in [-0.05, 0) is 42.8 Å². The van der Waals surface area contributed by atoms with E-state index in [4.69, 9.17) is 15.6 Å². The fraction of sp³-hybridized carbons (Fsp3) is 0.250. The van der Waals surface area contributed by atoms with Crippen molar-refractivity contribution in [2.75, 3.05) is 18.8 Å². The van der Waals surface area contributed by atoms with E-state index in [0.29, 0.717) is 24.4 Å². The van der Waals surface area contributed by atoms with Gasteiger partial charge < -0.3 is 15.4 Å². The first kappa shape index (κ1) is 20.0. The molecule has 0 spiro atoms. The smallest absolute Gasteiger partial charge is 0.222 e. The van der Waals surface area contributed by atoms with E-state index < -0.39 is 0 Å². The number of fused-ring (bicyclic) bond motifs is 1. The number of para-hydroxylation sites is 1. The minimum Gasteiger partial charge on any atom is -0.457 e. The summed E-state index contributed by atoms with van der Waals surface area (Å²) in [6, 6.07) is 17.4. The van der Waals surface area contributed by atoms with E-state index in [9.17, 15) is 4.79 Å². The summed E-state index contributed by atoms with van der Waals surface area (Å²) in [6.45, 7) is 3.23. The third kappa shape index (κ3) is 3.64. The van der Waals surface area contributed by atoms with Crippen molar-refractivity contribution in [3.05, 3.63) is 60.9 Å². The number of nitrogens with two attached hydrogens (primary N) is 1. The van der Waals surface area contributed by atoms with E-state index in [1.54, 1.807) is 0 Å². The minimum atomic E-state index is 0.0525. The number of likely N-dealkylation sites (tertiary alicyclic amines) is 1. The molecule has 1 aliphatic rings. The molecular formula is C24H24N6O2. The lowest BCUT2D eigenvalue weighted by Gasteiger charge is -2.15. The second kappa shape index (κ2) is 8.30. The summed E-state index contributed by atoms with van der Waals surface area (Å²) in [5.41, 5.74) is 8.55. The fourth-order valence-electron chi connectivity index (χ4n) is 4.15. The zero-order chi connectivity index (χ0) is 22.1. The summed E-state index contributed by atoms with van der Waals surface area (Å²) in [7, 11) is 0. The fourth-order valence-corrected chi connectivity index (χ4v) is 4.15. The minimum absolute atomic E-state index is 0.0525. The first-order valence-electron chi connectivity index (χ1n) is 10.7. The molecule has 1 aliphatic heterocycles. The van der Waals surface area contributed by atoms with Crippen molar-refractivity contribution in [2.45, 2.75) is 25.8 Å². The lowest BCUT2D eigenvalue weighted by molar-refractivity contribution is -0.129. The van der Waals surface area contributed by atoms with Gasteiger partial charge in [0, 0.05) is 25.1 Å². The molecule has 1 amide bonds. The molecule has 2 N–H and O–H groups in total. The Bertz CT molecular complexity index is 1250. The monoisotopic (exact) mass is 428 g/mol. The number of benzene rings is 2. The van der Waals surface area contributed by atoms with Crippen LogP contribution in [0.4, 0.5) is 5.82 Å². The van der Waals surface area contributed by atoms with Gasteiger partial charge in [0.05, 0.1) is 11.4 Å². The SMILES string of the molecule is CCC(=O)N1CC[C@H](n2nc(-c3ccc(Oc4ccccc4)cc3)c3c(N)ncnc32)C1. The average Bonchev–Trinajstić information content (AvgIpc) is 3.46. The Balaban J connectivity index is 1.49. The summed E-state index contributed by atoms with van der Waals surface area (Å²) in [6.07, 6.45) is 2.79. The topological polar surface area (TPSA) is 99.2 Å². The van der Waals surface area contributed by atoms with Crippen molar-refractivity contribution in [1.82, 2.24) is 24.6 Å². The van der Waals surface area contributed by atoms with Crippen molar-refractivity contribution in [3.8, 4) is 22.8 Å². The molecule has 2 aromatic heterocycles. The van der Waals surface area contributed by atoms with Crippen LogP contribution in [0.5, 0.6) is 11.5 Å². The van der Waals surface area contributed by atoms with Crippen LogP contribution < -0.4 is 10.5 Å². The summed E-state index contributed by atoms with van der Waals surface area (Å²) in [5, 5.41) is 5.62. The zero-order valence-corrected chi connectivity index (χ0v) is 17.8. The third-order valence-electron chi connectivity index (χ3n) is 5.79. The Labute approximate surface area is 185 Å². The first-order chi connectivity index (χ1) is 15.6. The van der Waals surface area contributed by atoms with Gasteiger partial charge >= 0.3 is 0 Å². The van der Waals surface area contributed by atoms with Crippen LogP contribution in [0, 0.1) is 0 Å². The van der Waals surface area contributed by atoms with E-state index in [2.05, 4.69) is 9.97 Å². The predicted molar refractivity (Wildman–Crippen MR) is 122 cm³/mol. The van der Waals surface area contributed by atoms with Crippen molar-refractivity contribution >= 4 is 22.8 Å². The molecule has 162 valence electrons. The Morgan fingerprint density at radius 1 is 1.09 bits per heavy atom. The Morgan fingerprint density at radius 3 is 2.59 bits per heavy atom. The highest BCUT2D eigenvalue weighted by Crippen LogP contribution is 2.35. The maximum Gasteiger partial charge on any atom is 0.222 e. The van der Waals surface area contributed by atoms with Crippen LogP contribution in [0.3, 0.4) is 0 Å². The van der Waals surface area contributed by atoms with E-state index >= 15 is 0 Å². The molecule has 8 heteroatoms. The van der Waals surface area contributed by atoms with E-state index in [-0.39, 0.29) is 11.9 Å². The van der Waals surface area contributed by atoms with E-state index in [1.807, 2.05) is 71.1 Å². The second-order valence-electron chi connectivity index (χ2n) is 7.83. The molecule has 1 atom stereocenters. The Kier molecular flexibility index (Phi) is 5.18. The Hall–Kier alpha value is -3.94. The highest BCUT2D eigenvalue weighted by molar-refractivity contribution is 5.98. The number of ether oxygens (including phenoxy) is 1. The third-order valence-corrected chi connectivity index (χ3v) is 5.79. The summed E-state index contributed by atoms with van der Waals surface area (Å²) >= 11 is 0. The van der Waals surface area contributed by atoms with Crippen LogP contribution in [0.2, 0.25) is 0 Å². The molecule has 0 unspecified atom stereocenters. The standard InChI is InChI=1S/C24H24N6O2/c1-2-20(31)29-13-12-17(14-29)30-24-21(23(25)26-15-27-24)22(28-30)16-8-10-19(11-9-16)32-18-6-4-3-5-7-18/h3-11,15,17H,2,12-14H2,1H3,(H2,25,26,27)/t17-/m0/s1. The van der Waals surface area contributed by atoms with Crippen LogP contribution in [0.25, 0.3) is 22.3 Å². The molecule has 3 heterocycles. The molecule has 0 radical (unpaired) electrons. The quantitative estimate of drug-likeness (QED) is 0.515. The molecular weight excluding hydrogens is 404 g/mol. The number of carbonyl (C=O) groups is 1.